The second kappa shape index (κ2) is 7.72. The van der Waals surface area contributed by atoms with Gasteiger partial charge in [0.15, 0.2) is 0 Å². The normalized spacial score (nSPS) is 15.1. The summed E-state index contributed by atoms with van der Waals surface area (Å²) in [6, 6.07) is 7.89. The van der Waals surface area contributed by atoms with E-state index in [0.29, 0.717) is 18.3 Å². The molecule has 2 aromatic rings. The number of hydrogen-bond donors (Lipinski definition) is 2. The third kappa shape index (κ3) is 4.52. The Kier molecular flexibility index (Phi) is 5.19. The first-order valence-electron chi connectivity index (χ1n) is 8.21. The van der Waals surface area contributed by atoms with Crippen LogP contribution in [0.5, 0.6) is 0 Å². The Labute approximate surface area is 136 Å². The molecule has 0 bridgehead atoms. The van der Waals surface area contributed by atoms with Crippen LogP contribution in [0.15, 0.2) is 42.9 Å². The van der Waals surface area contributed by atoms with Crippen molar-refractivity contribution in [1.29, 1.82) is 0 Å². The molecule has 1 aliphatic rings. The van der Waals surface area contributed by atoms with Crippen LogP contribution < -0.4 is 10.6 Å². The quantitative estimate of drug-likeness (QED) is 0.890. The molecule has 0 atom stereocenters. The molecule has 0 saturated heterocycles. The summed E-state index contributed by atoms with van der Waals surface area (Å²) in [7, 11) is 0. The summed E-state index contributed by atoms with van der Waals surface area (Å²) in [5.41, 5.74) is 2.45. The zero-order chi connectivity index (χ0) is 15.9. The molecule has 0 aliphatic heterocycles. The van der Waals surface area contributed by atoms with E-state index in [4.69, 9.17) is 0 Å². The van der Waals surface area contributed by atoms with Crippen molar-refractivity contribution in [3.63, 3.8) is 0 Å². The molecular weight excluding hydrogens is 288 g/mol. The largest absolute Gasteiger partial charge is 0.381 e. The van der Waals surface area contributed by atoms with Crippen molar-refractivity contribution in [1.82, 2.24) is 15.3 Å². The molecular formula is C18H22N4O. The molecule has 0 aromatic carbocycles. The van der Waals surface area contributed by atoms with E-state index in [9.17, 15) is 4.79 Å². The average Bonchev–Trinajstić information content (AvgIpc) is 2.62. The van der Waals surface area contributed by atoms with Crippen LogP contribution in [0.4, 0.5) is 5.69 Å². The topological polar surface area (TPSA) is 66.9 Å². The van der Waals surface area contributed by atoms with Crippen LogP contribution in [0.3, 0.4) is 0 Å². The number of nitrogens with zero attached hydrogens (tertiary/aromatic N) is 2. The molecule has 1 saturated carbocycles. The van der Waals surface area contributed by atoms with E-state index in [1.165, 1.54) is 19.3 Å². The van der Waals surface area contributed by atoms with Crippen molar-refractivity contribution in [2.45, 2.75) is 44.7 Å². The van der Waals surface area contributed by atoms with Crippen molar-refractivity contribution in [3.8, 4) is 0 Å². The fourth-order valence-corrected chi connectivity index (χ4v) is 2.88. The van der Waals surface area contributed by atoms with Gasteiger partial charge < -0.3 is 10.6 Å². The monoisotopic (exact) mass is 310 g/mol. The van der Waals surface area contributed by atoms with Crippen LogP contribution in [-0.2, 0) is 6.54 Å². The Hall–Kier alpha value is -2.43. The Morgan fingerprint density at radius 1 is 1.17 bits per heavy atom. The van der Waals surface area contributed by atoms with E-state index in [1.807, 2.05) is 24.4 Å². The second-order valence-electron chi connectivity index (χ2n) is 5.95. The summed E-state index contributed by atoms with van der Waals surface area (Å²) in [5.74, 6) is -0.0815. The molecule has 5 nitrogen and oxygen atoms in total. The highest BCUT2D eigenvalue weighted by Gasteiger charge is 2.17. The number of pyridine rings is 2. The van der Waals surface area contributed by atoms with Gasteiger partial charge in [-0.05, 0) is 36.6 Å². The number of amides is 1. The summed E-state index contributed by atoms with van der Waals surface area (Å²) >= 11 is 0. The smallest absolute Gasteiger partial charge is 0.270 e. The first-order valence-corrected chi connectivity index (χ1v) is 8.21. The number of hydrogen-bond acceptors (Lipinski definition) is 4. The predicted octanol–water partition coefficient (Wildman–Crippen LogP) is 3.15. The number of carbonyl (C=O) groups is 1. The predicted molar refractivity (Wildman–Crippen MR) is 90.1 cm³/mol. The van der Waals surface area contributed by atoms with Crippen molar-refractivity contribution in [2.75, 3.05) is 5.32 Å². The van der Waals surface area contributed by atoms with Crippen LogP contribution >= 0.6 is 0 Å². The minimum Gasteiger partial charge on any atom is -0.381 e. The maximum atomic E-state index is 12.3. The summed E-state index contributed by atoms with van der Waals surface area (Å²) in [5, 5.41) is 6.40. The van der Waals surface area contributed by atoms with Gasteiger partial charge in [0, 0.05) is 36.9 Å². The molecule has 1 amide bonds. The summed E-state index contributed by atoms with van der Waals surface area (Å²) in [6.07, 6.45) is 11.1. The maximum absolute atomic E-state index is 12.3. The van der Waals surface area contributed by atoms with Crippen molar-refractivity contribution < 1.29 is 4.79 Å². The second-order valence-corrected chi connectivity index (χ2v) is 5.95. The van der Waals surface area contributed by atoms with Gasteiger partial charge in [0.25, 0.3) is 5.91 Å². The Morgan fingerprint density at radius 3 is 2.83 bits per heavy atom. The number of anilines is 1. The highest BCUT2D eigenvalue weighted by Crippen LogP contribution is 2.18. The van der Waals surface area contributed by atoms with E-state index in [2.05, 4.69) is 20.6 Å². The lowest BCUT2D eigenvalue weighted by Crippen LogP contribution is -2.36. The van der Waals surface area contributed by atoms with Crippen LogP contribution in [0, 0.1) is 0 Å². The Balaban J connectivity index is 1.59. The number of nitrogens with one attached hydrogen (secondary N) is 2. The highest BCUT2D eigenvalue weighted by atomic mass is 16.1. The summed E-state index contributed by atoms with van der Waals surface area (Å²) in [6.45, 7) is 0.668. The van der Waals surface area contributed by atoms with Gasteiger partial charge >= 0.3 is 0 Å². The molecule has 0 unspecified atom stereocenters. The van der Waals surface area contributed by atoms with Crippen LogP contribution in [0.2, 0.25) is 0 Å². The molecule has 1 aliphatic carbocycles. The lowest BCUT2D eigenvalue weighted by atomic mass is 9.95. The van der Waals surface area contributed by atoms with Gasteiger partial charge in [-0.1, -0.05) is 25.3 Å². The van der Waals surface area contributed by atoms with Crippen LogP contribution in [-0.4, -0.2) is 21.9 Å². The van der Waals surface area contributed by atoms with E-state index in [-0.39, 0.29) is 5.91 Å². The van der Waals surface area contributed by atoms with E-state index in [1.54, 1.807) is 18.5 Å². The Morgan fingerprint density at radius 2 is 2.04 bits per heavy atom. The van der Waals surface area contributed by atoms with E-state index in [0.717, 1.165) is 24.1 Å². The summed E-state index contributed by atoms with van der Waals surface area (Å²) in [4.78, 5) is 20.6. The van der Waals surface area contributed by atoms with Gasteiger partial charge in [-0.25, -0.2) is 0 Å². The molecule has 0 radical (unpaired) electrons. The van der Waals surface area contributed by atoms with Gasteiger partial charge in [0.2, 0.25) is 0 Å². The lowest BCUT2D eigenvalue weighted by molar-refractivity contribution is 0.0922. The minimum absolute atomic E-state index is 0.0815. The zero-order valence-electron chi connectivity index (χ0n) is 13.2. The van der Waals surface area contributed by atoms with Crippen molar-refractivity contribution >= 4 is 11.6 Å². The van der Waals surface area contributed by atoms with Gasteiger partial charge in [0.1, 0.15) is 5.69 Å². The van der Waals surface area contributed by atoms with Gasteiger partial charge in [-0.3, -0.25) is 14.8 Å². The fraction of sp³-hybridized carbons (Fsp3) is 0.389. The number of rotatable bonds is 5. The van der Waals surface area contributed by atoms with Crippen LogP contribution in [0.1, 0.15) is 48.2 Å². The lowest BCUT2D eigenvalue weighted by Gasteiger charge is -2.22. The van der Waals surface area contributed by atoms with E-state index < -0.39 is 0 Å². The standard InChI is InChI=1S/C18H22N4O/c23-18(22-15-6-2-1-3-7-15)17-11-16(8-10-20-17)21-13-14-5-4-9-19-12-14/h4-5,8-12,15H,1-3,6-7,13H2,(H,20,21)(H,22,23). The first-order chi connectivity index (χ1) is 11.3. The third-order valence-corrected chi connectivity index (χ3v) is 4.15. The van der Waals surface area contributed by atoms with Gasteiger partial charge in [-0.15, -0.1) is 0 Å². The van der Waals surface area contributed by atoms with E-state index >= 15 is 0 Å². The fourth-order valence-electron chi connectivity index (χ4n) is 2.88. The SMILES string of the molecule is O=C(NC1CCCCC1)c1cc(NCc2cccnc2)ccn1. The Bertz CT molecular complexity index is 638. The minimum atomic E-state index is -0.0815. The summed E-state index contributed by atoms with van der Waals surface area (Å²) < 4.78 is 0. The molecule has 23 heavy (non-hydrogen) atoms. The van der Waals surface area contributed by atoms with Crippen molar-refractivity contribution in [3.05, 3.63) is 54.1 Å². The molecule has 2 aromatic heterocycles. The van der Waals surface area contributed by atoms with Gasteiger partial charge in [0.05, 0.1) is 0 Å². The van der Waals surface area contributed by atoms with Crippen LogP contribution in [0.25, 0.3) is 0 Å². The van der Waals surface area contributed by atoms with Crippen molar-refractivity contribution in [2.24, 2.45) is 0 Å². The first kappa shape index (κ1) is 15.5. The molecule has 2 N–H and O–H groups in total. The number of carbonyl (C=O) groups excluding carboxylic acids is 1. The number of aromatic nitrogens is 2. The van der Waals surface area contributed by atoms with Gasteiger partial charge in [-0.2, -0.15) is 0 Å². The molecule has 3 rings (SSSR count). The molecule has 5 heteroatoms. The maximum Gasteiger partial charge on any atom is 0.270 e. The molecule has 0 spiro atoms. The molecule has 1 fully saturated rings. The highest BCUT2D eigenvalue weighted by molar-refractivity contribution is 5.93. The molecule has 120 valence electrons. The molecule has 2 heterocycles. The average molecular weight is 310 g/mol. The third-order valence-electron chi connectivity index (χ3n) is 4.15. The zero-order valence-corrected chi connectivity index (χ0v) is 13.2.